The van der Waals surface area contributed by atoms with Crippen LogP contribution in [0.25, 0.3) is 5.57 Å². The normalized spacial score (nSPS) is 15.0. The van der Waals surface area contributed by atoms with Crippen LogP contribution in [-0.2, 0) is 0 Å². The van der Waals surface area contributed by atoms with Crippen LogP contribution in [0.3, 0.4) is 0 Å². The first kappa shape index (κ1) is 15.4. The molecule has 0 saturated carbocycles. The minimum Gasteiger partial charge on any atom is -0.488 e. The Kier molecular flexibility index (Phi) is 5.01. The molecular weight excluding hydrogens is 317 g/mol. The van der Waals surface area contributed by atoms with Gasteiger partial charge in [-0.25, -0.2) is 0 Å². The molecule has 0 atom stereocenters. The topological polar surface area (TPSA) is 22.1 Å². The fourth-order valence-electron chi connectivity index (χ4n) is 2.80. The fourth-order valence-corrected chi connectivity index (χ4v) is 3.21. The summed E-state index contributed by atoms with van der Waals surface area (Å²) < 4.78 is 5.87. The second-order valence-electron chi connectivity index (χ2n) is 5.40. The van der Waals surface area contributed by atoms with Gasteiger partial charge in [-0.3, -0.25) is 4.98 Å². The van der Waals surface area contributed by atoms with Crippen molar-refractivity contribution in [1.82, 2.24) is 4.98 Å². The maximum Gasteiger partial charge on any atom is 0.139 e. The maximum atomic E-state index is 6.36. The molecule has 0 fully saturated rings. The Bertz CT molecular complexity index is 697. The van der Waals surface area contributed by atoms with E-state index in [1.165, 1.54) is 24.0 Å². The minimum absolute atomic E-state index is 0.558. The molecule has 114 valence electrons. The van der Waals surface area contributed by atoms with Gasteiger partial charge >= 0.3 is 0 Å². The summed E-state index contributed by atoms with van der Waals surface area (Å²) in [4.78, 5) is 4.05. The Labute approximate surface area is 140 Å². The third kappa shape index (κ3) is 3.63. The predicted octanol–water partition coefficient (Wildman–Crippen LogP) is 5.80. The van der Waals surface area contributed by atoms with E-state index in [1.807, 2.05) is 18.2 Å². The molecule has 0 bridgehead atoms. The summed E-state index contributed by atoms with van der Waals surface area (Å²) in [7, 11) is 0. The van der Waals surface area contributed by atoms with Crippen molar-refractivity contribution in [2.45, 2.75) is 25.7 Å². The molecule has 22 heavy (non-hydrogen) atoms. The molecule has 1 aliphatic rings. The third-order valence-electron chi connectivity index (χ3n) is 3.87. The predicted molar refractivity (Wildman–Crippen MR) is 91.6 cm³/mol. The number of allylic oxidation sites excluding steroid dienone is 1. The Balaban J connectivity index is 1.84. The molecule has 0 aliphatic heterocycles. The molecule has 1 aliphatic carbocycles. The molecule has 1 heterocycles. The monoisotopic (exact) mass is 333 g/mol. The van der Waals surface area contributed by atoms with Crippen molar-refractivity contribution in [3.63, 3.8) is 0 Å². The molecule has 1 aromatic heterocycles. The van der Waals surface area contributed by atoms with Crippen molar-refractivity contribution in [3.05, 3.63) is 63.9 Å². The van der Waals surface area contributed by atoms with Crippen LogP contribution in [0.1, 0.15) is 31.2 Å². The first-order valence-corrected chi connectivity index (χ1v) is 8.19. The van der Waals surface area contributed by atoms with Gasteiger partial charge in [0.05, 0.1) is 11.2 Å². The van der Waals surface area contributed by atoms with Gasteiger partial charge in [0.25, 0.3) is 0 Å². The summed E-state index contributed by atoms with van der Waals surface area (Å²) in [6.45, 7) is 0.558. The number of pyridine rings is 1. The first-order chi connectivity index (χ1) is 10.7. The summed E-state index contributed by atoms with van der Waals surface area (Å²) >= 11 is 12.3. The van der Waals surface area contributed by atoms with Crippen molar-refractivity contribution in [1.29, 1.82) is 0 Å². The smallest absolute Gasteiger partial charge is 0.139 e. The summed E-state index contributed by atoms with van der Waals surface area (Å²) in [6, 6.07) is 9.81. The van der Waals surface area contributed by atoms with Crippen LogP contribution in [0.5, 0.6) is 5.75 Å². The van der Waals surface area contributed by atoms with E-state index in [-0.39, 0.29) is 0 Å². The fraction of sp³-hybridized carbons (Fsp3) is 0.278. The SMILES string of the molecule is Clc1cncc(OCC2=C(c3ccccc3Cl)CCCC2)c1. The Morgan fingerprint density at radius 3 is 2.68 bits per heavy atom. The van der Waals surface area contributed by atoms with Gasteiger partial charge in [-0.2, -0.15) is 0 Å². The highest BCUT2D eigenvalue weighted by molar-refractivity contribution is 6.32. The number of halogens is 2. The lowest BCUT2D eigenvalue weighted by Crippen LogP contribution is -2.08. The molecule has 4 heteroatoms. The third-order valence-corrected chi connectivity index (χ3v) is 4.41. The highest BCUT2D eigenvalue weighted by atomic mass is 35.5. The zero-order chi connectivity index (χ0) is 15.4. The van der Waals surface area contributed by atoms with E-state index in [0.29, 0.717) is 17.4 Å². The van der Waals surface area contributed by atoms with Gasteiger partial charge in [-0.15, -0.1) is 0 Å². The first-order valence-electron chi connectivity index (χ1n) is 7.43. The quantitative estimate of drug-likeness (QED) is 0.705. The van der Waals surface area contributed by atoms with E-state index in [1.54, 1.807) is 18.5 Å². The van der Waals surface area contributed by atoms with E-state index < -0.39 is 0 Å². The summed E-state index contributed by atoms with van der Waals surface area (Å²) in [5.74, 6) is 0.698. The number of benzene rings is 1. The van der Waals surface area contributed by atoms with Crippen LogP contribution in [-0.4, -0.2) is 11.6 Å². The van der Waals surface area contributed by atoms with E-state index in [9.17, 15) is 0 Å². The second-order valence-corrected chi connectivity index (χ2v) is 6.24. The molecule has 0 N–H and O–H groups in total. The van der Waals surface area contributed by atoms with Crippen LogP contribution in [0.2, 0.25) is 10.0 Å². The average Bonchev–Trinajstić information content (AvgIpc) is 2.54. The van der Waals surface area contributed by atoms with Crippen molar-refractivity contribution < 1.29 is 4.74 Å². The van der Waals surface area contributed by atoms with Crippen LogP contribution < -0.4 is 4.74 Å². The van der Waals surface area contributed by atoms with Gasteiger partial charge in [0.1, 0.15) is 12.4 Å². The molecule has 3 rings (SSSR count). The van der Waals surface area contributed by atoms with Gasteiger partial charge in [0.2, 0.25) is 0 Å². The summed E-state index contributed by atoms with van der Waals surface area (Å²) in [5, 5.41) is 1.39. The van der Waals surface area contributed by atoms with Crippen molar-refractivity contribution in [3.8, 4) is 5.75 Å². The standard InChI is InChI=1S/C18H17Cl2NO/c19-14-9-15(11-21-10-14)22-12-13-5-1-2-6-16(13)17-7-3-4-8-18(17)20/h3-4,7-11H,1-2,5-6,12H2. The molecular formula is C18H17Cl2NO. The van der Waals surface area contributed by atoms with Crippen LogP contribution in [0.4, 0.5) is 0 Å². The molecule has 0 amide bonds. The van der Waals surface area contributed by atoms with Crippen molar-refractivity contribution in [2.75, 3.05) is 6.61 Å². The molecule has 2 nitrogen and oxygen atoms in total. The van der Waals surface area contributed by atoms with Gasteiger partial charge in [0.15, 0.2) is 0 Å². The lowest BCUT2D eigenvalue weighted by Gasteiger charge is -2.22. The maximum absolute atomic E-state index is 6.36. The van der Waals surface area contributed by atoms with Gasteiger partial charge in [-0.05, 0) is 48.5 Å². The van der Waals surface area contributed by atoms with E-state index in [4.69, 9.17) is 27.9 Å². The minimum atomic E-state index is 0.558. The van der Waals surface area contributed by atoms with Crippen LogP contribution >= 0.6 is 23.2 Å². The zero-order valence-electron chi connectivity index (χ0n) is 12.2. The van der Waals surface area contributed by atoms with Crippen LogP contribution in [0.15, 0.2) is 48.3 Å². The highest BCUT2D eigenvalue weighted by Gasteiger charge is 2.16. The Morgan fingerprint density at radius 1 is 1.05 bits per heavy atom. The van der Waals surface area contributed by atoms with E-state index in [0.717, 1.165) is 23.4 Å². The van der Waals surface area contributed by atoms with Crippen molar-refractivity contribution >= 4 is 28.8 Å². The van der Waals surface area contributed by atoms with Gasteiger partial charge in [-0.1, -0.05) is 41.4 Å². The van der Waals surface area contributed by atoms with E-state index in [2.05, 4.69) is 11.1 Å². The lowest BCUT2D eigenvalue weighted by molar-refractivity contribution is 0.343. The molecule has 0 saturated heterocycles. The number of rotatable bonds is 4. The lowest BCUT2D eigenvalue weighted by atomic mass is 9.87. The van der Waals surface area contributed by atoms with Crippen LogP contribution in [0, 0.1) is 0 Å². The number of nitrogens with zero attached hydrogens (tertiary/aromatic N) is 1. The Hall–Kier alpha value is -1.51. The summed E-state index contributed by atoms with van der Waals surface area (Å²) in [5.41, 5.74) is 3.78. The Morgan fingerprint density at radius 2 is 1.86 bits per heavy atom. The molecule has 2 aromatic rings. The number of ether oxygens (including phenoxy) is 1. The highest BCUT2D eigenvalue weighted by Crippen LogP contribution is 2.35. The van der Waals surface area contributed by atoms with E-state index >= 15 is 0 Å². The number of aromatic nitrogens is 1. The largest absolute Gasteiger partial charge is 0.488 e. The van der Waals surface area contributed by atoms with Gasteiger partial charge in [0, 0.05) is 17.3 Å². The second kappa shape index (κ2) is 7.17. The average molecular weight is 334 g/mol. The summed E-state index contributed by atoms with van der Waals surface area (Å²) in [6.07, 6.45) is 7.78. The number of hydrogen-bond donors (Lipinski definition) is 0. The molecule has 1 aromatic carbocycles. The van der Waals surface area contributed by atoms with Gasteiger partial charge < -0.3 is 4.74 Å². The van der Waals surface area contributed by atoms with Crippen molar-refractivity contribution in [2.24, 2.45) is 0 Å². The zero-order valence-corrected chi connectivity index (χ0v) is 13.7. The molecule has 0 unspecified atom stereocenters. The number of hydrogen-bond acceptors (Lipinski definition) is 2. The molecule has 0 radical (unpaired) electrons. The molecule has 0 spiro atoms.